The van der Waals surface area contributed by atoms with Crippen LogP contribution in [0.2, 0.25) is 5.02 Å². The average molecular weight is 581 g/mol. The van der Waals surface area contributed by atoms with E-state index in [4.69, 9.17) is 20.8 Å². The Morgan fingerprint density at radius 2 is 1.82 bits per heavy atom. The number of amides is 1. The third-order valence-electron chi connectivity index (χ3n) is 5.25. The number of furan rings is 1. The third kappa shape index (κ3) is 5.08. The monoisotopic (exact) mass is 580 g/mol. The molecule has 0 aliphatic carbocycles. The number of nitrogens with one attached hydrogen (secondary N) is 1. The van der Waals surface area contributed by atoms with Crippen LogP contribution < -0.4 is 10.2 Å². The molecule has 0 spiro atoms. The van der Waals surface area contributed by atoms with Crippen LogP contribution in [-0.2, 0) is 6.61 Å². The number of nitrogens with zero attached hydrogens (tertiary/aromatic N) is 1. The molecule has 0 radical (unpaired) electrons. The summed E-state index contributed by atoms with van der Waals surface area (Å²) >= 11 is 8.21. The van der Waals surface area contributed by atoms with Crippen LogP contribution in [0.25, 0.3) is 21.7 Å². The van der Waals surface area contributed by atoms with Crippen LogP contribution in [0.5, 0.6) is 5.75 Å². The van der Waals surface area contributed by atoms with Gasteiger partial charge in [-0.15, -0.1) is 0 Å². The first-order valence-electron chi connectivity index (χ1n) is 10.5. The van der Waals surface area contributed by atoms with Crippen LogP contribution in [0, 0.1) is 3.57 Å². The summed E-state index contributed by atoms with van der Waals surface area (Å²) in [6.45, 7) is 0.479. The minimum atomic E-state index is -0.436. The second-order valence-electron chi connectivity index (χ2n) is 7.65. The molecule has 5 nitrogen and oxygen atoms in total. The Hall–Kier alpha value is -3.36. The van der Waals surface area contributed by atoms with Gasteiger partial charge < -0.3 is 9.15 Å². The summed E-state index contributed by atoms with van der Waals surface area (Å²) in [5.41, 5.74) is 5.02. The van der Waals surface area contributed by atoms with Crippen molar-refractivity contribution < 1.29 is 13.9 Å². The van der Waals surface area contributed by atoms with Crippen molar-refractivity contribution in [1.29, 1.82) is 0 Å². The molecule has 0 bridgehead atoms. The van der Waals surface area contributed by atoms with E-state index in [9.17, 15) is 4.79 Å². The molecule has 0 atom stereocenters. The molecule has 0 unspecified atom stereocenters. The summed E-state index contributed by atoms with van der Waals surface area (Å²) < 4.78 is 12.5. The van der Waals surface area contributed by atoms with Gasteiger partial charge in [0.05, 0.1) is 9.78 Å². The number of carbonyl (C=O) groups is 1. The Kier molecular flexibility index (Phi) is 6.51. The molecule has 1 N–H and O–H groups in total. The maximum atomic E-state index is 12.3. The smallest absolute Gasteiger partial charge is 0.307 e. The highest BCUT2D eigenvalue weighted by Crippen LogP contribution is 2.24. The van der Waals surface area contributed by atoms with Crippen molar-refractivity contribution in [1.82, 2.24) is 5.43 Å². The van der Waals surface area contributed by atoms with Crippen molar-refractivity contribution in [3.63, 3.8) is 0 Å². The van der Waals surface area contributed by atoms with E-state index in [-0.39, 0.29) is 5.76 Å². The normalized spacial score (nSPS) is 11.4. The zero-order valence-electron chi connectivity index (χ0n) is 17.8. The zero-order chi connectivity index (χ0) is 23.5. The summed E-state index contributed by atoms with van der Waals surface area (Å²) in [5.74, 6) is 0.519. The molecular weight excluding hydrogens is 563 g/mol. The lowest BCUT2D eigenvalue weighted by Gasteiger charge is -2.10. The molecule has 1 aromatic heterocycles. The fraction of sp³-hybridized carbons (Fsp3) is 0.0370. The number of hydrogen-bond acceptors (Lipinski definition) is 4. The molecule has 0 saturated heterocycles. The molecule has 0 fully saturated rings. The van der Waals surface area contributed by atoms with Gasteiger partial charge in [-0.05, 0) is 93.0 Å². The van der Waals surface area contributed by atoms with Crippen LogP contribution >= 0.6 is 34.2 Å². The van der Waals surface area contributed by atoms with Crippen LogP contribution in [0.15, 0.2) is 94.4 Å². The van der Waals surface area contributed by atoms with Gasteiger partial charge in [-0.25, -0.2) is 5.43 Å². The van der Waals surface area contributed by atoms with Crippen LogP contribution in [0.3, 0.4) is 0 Å². The minimum absolute atomic E-state index is 0.168. The van der Waals surface area contributed by atoms with Crippen molar-refractivity contribution in [2.75, 3.05) is 0 Å². The Morgan fingerprint density at radius 1 is 0.971 bits per heavy atom. The second-order valence-corrected chi connectivity index (χ2v) is 9.25. The highest BCUT2D eigenvalue weighted by Gasteiger charge is 2.12. The van der Waals surface area contributed by atoms with Gasteiger partial charge in [0.2, 0.25) is 0 Å². The molecule has 168 valence electrons. The topological polar surface area (TPSA) is 63.8 Å². The van der Waals surface area contributed by atoms with Gasteiger partial charge in [-0.3, -0.25) is 4.79 Å². The van der Waals surface area contributed by atoms with Gasteiger partial charge in [0.1, 0.15) is 17.9 Å². The standard InChI is InChI=1S/C27H18ClIN2O3/c28-22-8-10-24-21(13-22)14-26(34-24)27(32)31-30-15-17-6-9-25(23(29)12-17)33-16-18-5-7-19-3-1-2-4-20(19)11-18/h1-15H,16H2,(H,31,32)/b30-15+. The molecule has 1 heterocycles. The number of hydrazone groups is 1. The van der Waals surface area contributed by atoms with Crippen molar-refractivity contribution in [3.05, 3.63) is 110 Å². The first-order chi connectivity index (χ1) is 16.5. The predicted molar refractivity (Wildman–Crippen MR) is 144 cm³/mol. The van der Waals surface area contributed by atoms with Gasteiger partial charge in [0, 0.05) is 10.4 Å². The lowest BCUT2D eigenvalue weighted by molar-refractivity contribution is 0.0929. The summed E-state index contributed by atoms with van der Waals surface area (Å²) in [6.07, 6.45) is 1.58. The summed E-state index contributed by atoms with van der Waals surface area (Å²) in [5, 5.41) is 7.79. The highest BCUT2D eigenvalue weighted by molar-refractivity contribution is 14.1. The maximum absolute atomic E-state index is 12.3. The Balaban J connectivity index is 1.20. The zero-order valence-corrected chi connectivity index (χ0v) is 20.7. The minimum Gasteiger partial charge on any atom is -0.488 e. The van der Waals surface area contributed by atoms with Crippen LogP contribution in [0.1, 0.15) is 21.7 Å². The number of ether oxygens (including phenoxy) is 1. The van der Waals surface area contributed by atoms with E-state index in [2.05, 4.69) is 63.4 Å². The van der Waals surface area contributed by atoms with Crippen molar-refractivity contribution in [3.8, 4) is 5.75 Å². The maximum Gasteiger partial charge on any atom is 0.307 e. The quantitative estimate of drug-likeness (QED) is 0.131. The third-order valence-corrected chi connectivity index (χ3v) is 6.32. The SMILES string of the molecule is O=C(N/N=C/c1ccc(OCc2ccc3ccccc3c2)c(I)c1)c1cc2cc(Cl)ccc2o1. The molecule has 5 aromatic rings. The van der Waals surface area contributed by atoms with E-state index in [0.717, 1.165) is 25.8 Å². The molecule has 1 amide bonds. The average Bonchev–Trinajstić information content (AvgIpc) is 3.27. The Bertz CT molecular complexity index is 1540. The van der Waals surface area contributed by atoms with Crippen molar-refractivity contribution in [2.24, 2.45) is 5.10 Å². The number of benzene rings is 4. The van der Waals surface area contributed by atoms with Gasteiger partial charge in [0.25, 0.3) is 0 Å². The van der Waals surface area contributed by atoms with E-state index < -0.39 is 5.91 Å². The van der Waals surface area contributed by atoms with E-state index in [0.29, 0.717) is 17.2 Å². The molecule has 0 aliphatic heterocycles. The van der Waals surface area contributed by atoms with Crippen molar-refractivity contribution >= 4 is 68.1 Å². The molecule has 4 aromatic carbocycles. The van der Waals surface area contributed by atoms with Crippen molar-refractivity contribution in [2.45, 2.75) is 6.61 Å². The van der Waals surface area contributed by atoms with Crippen LogP contribution in [-0.4, -0.2) is 12.1 Å². The predicted octanol–water partition coefficient (Wildman–Crippen LogP) is 7.19. The van der Waals surface area contributed by atoms with Gasteiger partial charge in [-0.1, -0.05) is 48.0 Å². The van der Waals surface area contributed by atoms with E-state index in [1.54, 1.807) is 30.5 Å². The Labute approximate surface area is 214 Å². The lowest BCUT2D eigenvalue weighted by Crippen LogP contribution is -2.16. The van der Waals surface area contributed by atoms with Gasteiger partial charge in [0.15, 0.2) is 5.76 Å². The molecule has 0 aliphatic rings. The summed E-state index contributed by atoms with van der Waals surface area (Å²) in [4.78, 5) is 12.3. The van der Waals surface area contributed by atoms with E-state index in [1.807, 2.05) is 30.3 Å². The van der Waals surface area contributed by atoms with E-state index >= 15 is 0 Å². The number of hydrogen-bond donors (Lipinski definition) is 1. The fourth-order valence-electron chi connectivity index (χ4n) is 3.55. The fourth-order valence-corrected chi connectivity index (χ4v) is 4.43. The molecule has 5 rings (SSSR count). The van der Waals surface area contributed by atoms with Gasteiger partial charge >= 0.3 is 5.91 Å². The van der Waals surface area contributed by atoms with E-state index in [1.165, 1.54) is 10.8 Å². The number of halogens is 2. The molecule has 34 heavy (non-hydrogen) atoms. The lowest BCUT2D eigenvalue weighted by atomic mass is 10.1. The highest BCUT2D eigenvalue weighted by atomic mass is 127. The molecular formula is C27H18ClIN2O3. The molecule has 7 heteroatoms. The summed E-state index contributed by atoms with van der Waals surface area (Å²) in [6, 6.07) is 27.1. The first-order valence-corrected chi connectivity index (χ1v) is 11.9. The Morgan fingerprint density at radius 3 is 2.68 bits per heavy atom. The second kappa shape index (κ2) is 9.87. The number of carbonyl (C=O) groups excluding carboxylic acids is 1. The number of rotatable bonds is 6. The first kappa shape index (κ1) is 22.4. The number of fused-ring (bicyclic) bond motifs is 2. The van der Waals surface area contributed by atoms with Gasteiger partial charge in [-0.2, -0.15) is 5.10 Å². The van der Waals surface area contributed by atoms with Crippen LogP contribution in [0.4, 0.5) is 0 Å². The summed E-state index contributed by atoms with van der Waals surface area (Å²) in [7, 11) is 0. The largest absolute Gasteiger partial charge is 0.488 e. The molecule has 0 saturated carbocycles.